The van der Waals surface area contributed by atoms with E-state index in [0.717, 1.165) is 0 Å². The van der Waals surface area contributed by atoms with Gasteiger partial charge < -0.3 is 25.3 Å². The molecular formula is C16H22F2N2O4. The second kappa shape index (κ2) is 7.65. The molecule has 0 fully saturated rings. The Labute approximate surface area is 139 Å². The van der Waals surface area contributed by atoms with Crippen molar-refractivity contribution in [1.29, 1.82) is 0 Å². The summed E-state index contributed by atoms with van der Waals surface area (Å²) in [4.78, 5) is 12.5. The number of benzene rings is 1. The highest BCUT2D eigenvalue weighted by molar-refractivity contribution is 5.82. The highest BCUT2D eigenvalue weighted by Gasteiger charge is 2.33. The molecule has 134 valence electrons. The molecule has 0 atom stereocenters. The highest BCUT2D eigenvalue weighted by Crippen LogP contribution is 2.38. The monoisotopic (exact) mass is 344 g/mol. The van der Waals surface area contributed by atoms with Gasteiger partial charge in [0.2, 0.25) is 12.7 Å². The van der Waals surface area contributed by atoms with Crippen molar-refractivity contribution in [3.8, 4) is 17.2 Å². The number of ether oxygens (including phenoxy) is 3. The summed E-state index contributed by atoms with van der Waals surface area (Å²) >= 11 is 0. The molecule has 2 rings (SSSR count). The van der Waals surface area contributed by atoms with Crippen molar-refractivity contribution in [1.82, 2.24) is 5.32 Å². The van der Waals surface area contributed by atoms with Crippen molar-refractivity contribution >= 4 is 5.91 Å². The topological polar surface area (TPSA) is 82.8 Å². The van der Waals surface area contributed by atoms with Crippen molar-refractivity contribution in [3.63, 3.8) is 0 Å². The Hall–Kier alpha value is -2.09. The molecule has 1 aliphatic rings. The number of halogens is 2. The summed E-state index contributed by atoms with van der Waals surface area (Å²) in [6.45, 7) is 1.06. The zero-order valence-corrected chi connectivity index (χ0v) is 13.7. The van der Waals surface area contributed by atoms with Crippen molar-refractivity contribution in [3.05, 3.63) is 17.7 Å². The van der Waals surface area contributed by atoms with E-state index in [1.54, 1.807) is 0 Å². The standard InChI is InChI=1S/C16H22F2N2O4/c1-3-16(4-2,8-19)14(21)20-7-10-5-12-13(23-9-22-12)6-11(10)24-15(17)18/h5-6,15H,3-4,7-9,19H2,1-2H3,(H,20,21). The van der Waals surface area contributed by atoms with Gasteiger partial charge in [-0.2, -0.15) is 8.78 Å². The highest BCUT2D eigenvalue weighted by atomic mass is 19.3. The Morgan fingerprint density at radius 2 is 1.96 bits per heavy atom. The molecule has 0 spiro atoms. The van der Waals surface area contributed by atoms with Gasteiger partial charge in [-0.3, -0.25) is 4.79 Å². The fourth-order valence-electron chi connectivity index (χ4n) is 2.62. The number of nitrogens with one attached hydrogen (secondary N) is 1. The van der Waals surface area contributed by atoms with Gasteiger partial charge in [-0.15, -0.1) is 0 Å². The molecule has 0 saturated heterocycles. The summed E-state index contributed by atoms with van der Waals surface area (Å²) < 4.78 is 40.1. The first-order chi connectivity index (χ1) is 11.5. The number of fused-ring (bicyclic) bond motifs is 1. The summed E-state index contributed by atoms with van der Waals surface area (Å²) in [7, 11) is 0. The Balaban J connectivity index is 2.18. The number of carbonyl (C=O) groups excluding carboxylic acids is 1. The van der Waals surface area contributed by atoms with Crippen LogP contribution in [0.25, 0.3) is 0 Å². The van der Waals surface area contributed by atoms with Crippen LogP contribution >= 0.6 is 0 Å². The first kappa shape index (κ1) is 18.3. The number of hydrogen-bond donors (Lipinski definition) is 2. The van der Waals surface area contributed by atoms with Crippen LogP contribution in [0.2, 0.25) is 0 Å². The quantitative estimate of drug-likeness (QED) is 0.757. The van der Waals surface area contributed by atoms with Crippen LogP contribution in [0.1, 0.15) is 32.3 Å². The van der Waals surface area contributed by atoms with E-state index >= 15 is 0 Å². The molecule has 1 heterocycles. The molecule has 24 heavy (non-hydrogen) atoms. The molecule has 0 unspecified atom stereocenters. The van der Waals surface area contributed by atoms with Crippen LogP contribution in [0.5, 0.6) is 17.2 Å². The van der Waals surface area contributed by atoms with Gasteiger partial charge in [0, 0.05) is 24.7 Å². The Bertz CT molecular complexity index is 583. The molecule has 6 nitrogen and oxygen atoms in total. The fourth-order valence-corrected chi connectivity index (χ4v) is 2.62. The molecule has 1 aromatic rings. The van der Waals surface area contributed by atoms with Gasteiger partial charge in [0.25, 0.3) is 0 Å². The van der Waals surface area contributed by atoms with Gasteiger partial charge in [0.05, 0.1) is 5.41 Å². The van der Waals surface area contributed by atoms with Crippen LogP contribution in [-0.4, -0.2) is 25.9 Å². The molecule has 0 aromatic heterocycles. The van der Waals surface area contributed by atoms with E-state index in [1.165, 1.54) is 12.1 Å². The van der Waals surface area contributed by atoms with E-state index in [-0.39, 0.29) is 31.5 Å². The van der Waals surface area contributed by atoms with Crippen LogP contribution in [0.3, 0.4) is 0 Å². The first-order valence-electron chi connectivity index (χ1n) is 7.81. The van der Waals surface area contributed by atoms with Gasteiger partial charge in [-0.25, -0.2) is 0 Å². The molecule has 1 amide bonds. The molecule has 1 aromatic carbocycles. The Kier molecular flexibility index (Phi) is 5.82. The molecular weight excluding hydrogens is 322 g/mol. The van der Waals surface area contributed by atoms with Crippen LogP contribution in [0, 0.1) is 5.41 Å². The predicted octanol–water partition coefficient (Wildman–Crippen LogP) is 2.40. The third kappa shape index (κ3) is 3.69. The van der Waals surface area contributed by atoms with Crippen molar-refractivity contribution in [2.45, 2.75) is 39.8 Å². The molecule has 0 radical (unpaired) electrons. The third-order valence-corrected chi connectivity index (χ3v) is 4.44. The van der Waals surface area contributed by atoms with Crippen molar-refractivity contribution in [2.75, 3.05) is 13.3 Å². The largest absolute Gasteiger partial charge is 0.454 e. The zero-order chi connectivity index (χ0) is 17.7. The number of carbonyl (C=O) groups is 1. The summed E-state index contributed by atoms with van der Waals surface area (Å²) in [6, 6.07) is 2.87. The average Bonchev–Trinajstić information content (AvgIpc) is 3.01. The van der Waals surface area contributed by atoms with Crippen LogP contribution in [-0.2, 0) is 11.3 Å². The lowest BCUT2D eigenvalue weighted by Gasteiger charge is -2.28. The van der Waals surface area contributed by atoms with Crippen LogP contribution in [0.15, 0.2) is 12.1 Å². The number of alkyl halides is 2. The summed E-state index contributed by atoms with van der Waals surface area (Å²) in [6.07, 6.45) is 1.18. The fraction of sp³-hybridized carbons (Fsp3) is 0.562. The molecule has 3 N–H and O–H groups in total. The number of nitrogens with two attached hydrogens (primary N) is 1. The molecule has 0 bridgehead atoms. The lowest BCUT2D eigenvalue weighted by Crippen LogP contribution is -2.45. The average molecular weight is 344 g/mol. The van der Waals surface area contributed by atoms with Gasteiger partial charge in [0.15, 0.2) is 11.5 Å². The van der Waals surface area contributed by atoms with E-state index in [9.17, 15) is 13.6 Å². The van der Waals surface area contributed by atoms with Gasteiger partial charge in [-0.1, -0.05) is 13.8 Å². The molecule has 0 aliphatic carbocycles. The Morgan fingerprint density at radius 3 is 2.50 bits per heavy atom. The van der Waals surface area contributed by atoms with Crippen molar-refractivity contribution in [2.24, 2.45) is 11.1 Å². The van der Waals surface area contributed by atoms with Gasteiger partial charge >= 0.3 is 6.61 Å². The minimum absolute atomic E-state index is 0.0151. The maximum absolute atomic E-state index is 12.6. The molecule has 1 aliphatic heterocycles. The van der Waals surface area contributed by atoms with E-state index in [4.69, 9.17) is 15.2 Å². The van der Waals surface area contributed by atoms with Crippen molar-refractivity contribution < 1.29 is 27.8 Å². The van der Waals surface area contributed by atoms with Crippen LogP contribution in [0.4, 0.5) is 8.78 Å². The molecule has 8 heteroatoms. The summed E-state index contributed by atoms with van der Waals surface area (Å²) in [5, 5.41) is 2.76. The van der Waals surface area contributed by atoms with E-state index in [2.05, 4.69) is 10.1 Å². The zero-order valence-electron chi connectivity index (χ0n) is 13.7. The maximum atomic E-state index is 12.6. The first-order valence-corrected chi connectivity index (χ1v) is 7.81. The molecule has 0 saturated carbocycles. The van der Waals surface area contributed by atoms with E-state index in [0.29, 0.717) is 29.9 Å². The maximum Gasteiger partial charge on any atom is 0.387 e. The summed E-state index contributed by atoms with van der Waals surface area (Å²) in [5.41, 5.74) is 5.46. The Morgan fingerprint density at radius 1 is 1.33 bits per heavy atom. The lowest BCUT2D eigenvalue weighted by molar-refractivity contribution is -0.131. The minimum atomic E-state index is -2.98. The number of rotatable bonds is 8. The summed E-state index contributed by atoms with van der Waals surface area (Å²) in [5.74, 6) is 0.493. The van der Waals surface area contributed by atoms with Crippen LogP contribution < -0.4 is 25.3 Å². The van der Waals surface area contributed by atoms with Gasteiger partial charge in [-0.05, 0) is 18.9 Å². The predicted molar refractivity (Wildman–Crippen MR) is 83.1 cm³/mol. The van der Waals surface area contributed by atoms with Gasteiger partial charge in [0.1, 0.15) is 5.75 Å². The minimum Gasteiger partial charge on any atom is -0.454 e. The van der Waals surface area contributed by atoms with E-state index in [1.807, 2.05) is 13.8 Å². The smallest absolute Gasteiger partial charge is 0.387 e. The lowest BCUT2D eigenvalue weighted by atomic mass is 9.81. The number of hydrogen-bond acceptors (Lipinski definition) is 5. The van der Waals surface area contributed by atoms with E-state index < -0.39 is 12.0 Å². The second-order valence-electron chi connectivity index (χ2n) is 5.57. The number of amides is 1. The second-order valence-corrected chi connectivity index (χ2v) is 5.57. The SMILES string of the molecule is CCC(CC)(CN)C(=O)NCc1cc2c(cc1OC(F)F)OCO2. The normalized spacial score (nSPS) is 13.2. The third-order valence-electron chi connectivity index (χ3n) is 4.44.